The molecule has 1 saturated carbocycles. The molecule has 0 unspecified atom stereocenters. The van der Waals surface area contributed by atoms with Crippen molar-refractivity contribution in [1.29, 1.82) is 0 Å². The molecule has 1 amide bonds. The second kappa shape index (κ2) is 8.31. The fraction of sp³-hybridized carbons (Fsp3) is 0.562. The predicted molar refractivity (Wildman–Crippen MR) is 88.9 cm³/mol. The van der Waals surface area contributed by atoms with Gasteiger partial charge in [-0.3, -0.25) is 5.32 Å². The number of anilines is 1. The van der Waals surface area contributed by atoms with E-state index in [1.54, 1.807) is 19.1 Å². The molecule has 1 aromatic rings. The zero-order chi connectivity index (χ0) is 16.7. The van der Waals surface area contributed by atoms with Crippen molar-refractivity contribution in [3.63, 3.8) is 0 Å². The zero-order valence-corrected chi connectivity index (χ0v) is 14.2. The van der Waals surface area contributed by atoms with E-state index in [4.69, 9.17) is 4.74 Å². The summed E-state index contributed by atoms with van der Waals surface area (Å²) in [6.07, 6.45) is 5.70. The molecule has 0 radical (unpaired) electrons. The van der Waals surface area contributed by atoms with Gasteiger partial charge in [0.1, 0.15) is 0 Å². The molecule has 23 heavy (non-hydrogen) atoms. The Morgan fingerprint density at radius 3 is 2.30 bits per heavy atom. The summed E-state index contributed by atoms with van der Waals surface area (Å²) in [4.78, 5) is 11.5. The van der Waals surface area contributed by atoms with Crippen molar-refractivity contribution in [2.24, 2.45) is 0 Å². The summed E-state index contributed by atoms with van der Waals surface area (Å²) in [5.74, 6) is 0. The molecule has 2 N–H and O–H groups in total. The number of sulfonamides is 1. The molecule has 2 rings (SSSR count). The number of benzene rings is 1. The van der Waals surface area contributed by atoms with Crippen LogP contribution in [0, 0.1) is 0 Å². The minimum absolute atomic E-state index is 0.0137. The van der Waals surface area contributed by atoms with Gasteiger partial charge < -0.3 is 4.74 Å². The number of amides is 1. The lowest BCUT2D eigenvalue weighted by Crippen LogP contribution is -2.34. The van der Waals surface area contributed by atoms with Crippen molar-refractivity contribution in [2.45, 2.75) is 56.4 Å². The van der Waals surface area contributed by atoms with Crippen LogP contribution in [0.1, 0.15) is 45.4 Å². The molecule has 0 aliphatic heterocycles. The Balaban J connectivity index is 2.00. The fourth-order valence-electron chi connectivity index (χ4n) is 2.69. The quantitative estimate of drug-likeness (QED) is 0.806. The highest BCUT2D eigenvalue weighted by Crippen LogP contribution is 2.20. The van der Waals surface area contributed by atoms with E-state index < -0.39 is 16.1 Å². The standard InChI is InChI=1S/C16H24N2O4S/c1-2-22-16(19)17-13-9-11-15(12-10-13)23(20,21)18-14-7-5-3-4-6-8-14/h9-12,14,18H,2-8H2,1H3,(H,17,19). The van der Waals surface area contributed by atoms with Crippen LogP contribution in [0.25, 0.3) is 0 Å². The minimum Gasteiger partial charge on any atom is -0.450 e. The first-order chi connectivity index (χ1) is 11.0. The van der Waals surface area contributed by atoms with E-state index in [0.717, 1.165) is 25.7 Å². The molecule has 7 heteroatoms. The van der Waals surface area contributed by atoms with E-state index in [9.17, 15) is 13.2 Å². The van der Waals surface area contributed by atoms with Gasteiger partial charge in [-0.05, 0) is 44.0 Å². The third kappa shape index (κ3) is 5.51. The van der Waals surface area contributed by atoms with Gasteiger partial charge >= 0.3 is 6.09 Å². The van der Waals surface area contributed by atoms with Crippen LogP contribution in [-0.2, 0) is 14.8 Å². The molecule has 0 atom stereocenters. The molecule has 0 saturated heterocycles. The maximum absolute atomic E-state index is 12.4. The summed E-state index contributed by atoms with van der Waals surface area (Å²) in [5, 5.41) is 2.53. The molecule has 6 nitrogen and oxygen atoms in total. The number of hydrogen-bond acceptors (Lipinski definition) is 4. The number of nitrogens with one attached hydrogen (secondary N) is 2. The van der Waals surface area contributed by atoms with Crippen molar-refractivity contribution in [1.82, 2.24) is 4.72 Å². The normalized spacial score (nSPS) is 16.6. The second-order valence-electron chi connectivity index (χ2n) is 5.68. The van der Waals surface area contributed by atoms with E-state index in [1.165, 1.54) is 25.0 Å². The molecule has 1 fully saturated rings. The molecule has 1 aromatic carbocycles. The molecule has 1 aliphatic rings. The third-order valence-corrected chi connectivity index (χ3v) is 5.40. The van der Waals surface area contributed by atoms with Crippen molar-refractivity contribution in [3.8, 4) is 0 Å². The van der Waals surface area contributed by atoms with Crippen molar-refractivity contribution >= 4 is 21.8 Å². The first-order valence-corrected chi connectivity index (χ1v) is 9.56. The van der Waals surface area contributed by atoms with Gasteiger partial charge in [-0.2, -0.15) is 0 Å². The number of rotatable bonds is 5. The summed E-state index contributed by atoms with van der Waals surface area (Å²) >= 11 is 0. The summed E-state index contributed by atoms with van der Waals surface area (Å²) in [5.41, 5.74) is 0.497. The van der Waals surface area contributed by atoms with Gasteiger partial charge in [-0.1, -0.05) is 25.7 Å². The molecule has 0 spiro atoms. The van der Waals surface area contributed by atoms with Gasteiger partial charge in [-0.15, -0.1) is 0 Å². The topological polar surface area (TPSA) is 84.5 Å². The average Bonchev–Trinajstić information content (AvgIpc) is 2.76. The maximum atomic E-state index is 12.4. The molecule has 0 bridgehead atoms. The number of carbonyl (C=O) groups excluding carboxylic acids is 1. The molecule has 128 valence electrons. The number of hydrogen-bond donors (Lipinski definition) is 2. The Kier molecular flexibility index (Phi) is 6.41. The van der Waals surface area contributed by atoms with E-state index in [-0.39, 0.29) is 17.5 Å². The smallest absolute Gasteiger partial charge is 0.411 e. The van der Waals surface area contributed by atoms with Gasteiger partial charge in [0, 0.05) is 11.7 Å². The highest BCUT2D eigenvalue weighted by atomic mass is 32.2. The summed E-state index contributed by atoms with van der Waals surface area (Å²) in [6, 6.07) is 6.10. The molecular formula is C16H24N2O4S. The minimum atomic E-state index is -3.53. The van der Waals surface area contributed by atoms with Crippen molar-refractivity contribution in [2.75, 3.05) is 11.9 Å². The monoisotopic (exact) mass is 340 g/mol. The second-order valence-corrected chi connectivity index (χ2v) is 7.39. The largest absolute Gasteiger partial charge is 0.450 e. The Labute approximate surface area is 137 Å². The van der Waals surface area contributed by atoms with E-state index >= 15 is 0 Å². The van der Waals surface area contributed by atoms with Gasteiger partial charge in [0.25, 0.3) is 0 Å². The van der Waals surface area contributed by atoms with Crippen LogP contribution < -0.4 is 10.0 Å². The lowest BCUT2D eigenvalue weighted by Gasteiger charge is -2.16. The van der Waals surface area contributed by atoms with Gasteiger partial charge in [0.15, 0.2) is 0 Å². The lowest BCUT2D eigenvalue weighted by molar-refractivity contribution is 0.168. The van der Waals surface area contributed by atoms with E-state index in [2.05, 4.69) is 10.0 Å². The van der Waals surface area contributed by atoms with Gasteiger partial charge in [0.2, 0.25) is 10.0 Å². The fourth-order valence-corrected chi connectivity index (χ4v) is 3.99. The van der Waals surface area contributed by atoms with E-state index in [1.807, 2.05) is 0 Å². The summed E-state index contributed by atoms with van der Waals surface area (Å²) < 4.78 is 32.4. The highest BCUT2D eigenvalue weighted by molar-refractivity contribution is 7.89. The SMILES string of the molecule is CCOC(=O)Nc1ccc(S(=O)(=O)NC2CCCCCC2)cc1. The highest BCUT2D eigenvalue weighted by Gasteiger charge is 2.21. The molecule has 1 aliphatic carbocycles. The van der Waals surface area contributed by atoms with Gasteiger partial charge in [0.05, 0.1) is 11.5 Å². The zero-order valence-electron chi connectivity index (χ0n) is 13.4. The van der Waals surface area contributed by atoms with Crippen LogP contribution in [-0.4, -0.2) is 27.2 Å². The van der Waals surface area contributed by atoms with Crippen LogP contribution >= 0.6 is 0 Å². The van der Waals surface area contributed by atoms with Crippen LogP contribution in [0.5, 0.6) is 0 Å². The number of ether oxygens (including phenoxy) is 1. The Hall–Kier alpha value is -1.60. The van der Waals surface area contributed by atoms with E-state index in [0.29, 0.717) is 5.69 Å². The van der Waals surface area contributed by atoms with Crippen LogP contribution in [0.15, 0.2) is 29.2 Å². The first kappa shape index (κ1) is 17.7. The lowest BCUT2D eigenvalue weighted by atomic mass is 10.1. The average molecular weight is 340 g/mol. The Morgan fingerprint density at radius 1 is 1.13 bits per heavy atom. The molecule has 0 aromatic heterocycles. The van der Waals surface area contributed by atoms with Crippen LogP contribution in [0.3, 0.4) is 0 Å². The van der Waals surface area contributed by atoms with Crippen LogP contribution in [0.2, 0.25) is 0 Å². The predicted octanol–water partition coefficient (Wildman–Crippen LogP) is 3.26. The Bertz CT molecular complexity index is 605. The van der Waals surface area contributed by atoms with Crippen molar-refractivity contribution in [3.05, 3.63) is 24.3 Å². The maximum Gasteiger partial charge on any atom is 0.411 e. The molecular weight excluding hydrogens is 316 g/mol. The summed E-state index contributed by atoms with van der Waals surface area (Å²) in [6.45, 7) is 2.00. The summed E-state index contributed by atoms with van der Waals surface area (Å²) in [7, 11) is -3.53. The number of carbonyl (C=O) groups is 1. The van der Waals surface area contributed by atoms with Gasteiger partial charge in [-0.25, -0.2) is 17.9 Å². The van der Waals surface area contributed by atoms with Crippen LogP contribution in [0.4, 0.5) is 10.5 Å². The third-order valence-electron chi connectivity index (χ3n) is 3.86. The molecule has 0 heterocycles. The van der Waals surface area contributed by atoms with Crippen molar-refractivity contribution < 1.29 is 17.9 Å². The Morgan fingerprint density at radius 2 is 1.74 bits per heavy atom. The first-order valence-electron chi connectivity index (χ1n) is 8.07.